The maximum Gasteiger partial charge on any atom is 0.141 e. The highest BCUT2D eigenvalue weighted by atomic mass is 35.5. The molecule has 1 nitrogen and oxygen atoms in total. The number of hydrogen-bond acceptors (Lipinski definition) is 1. The Bertz CT molecular complexity index is 374. The number of carbonyl (C=O) groups is 1. The van der Waals surface area contributed by atoms with Crippen molar-refractivity contribution >= 4 is 17.4 Å². The highest BCUT2D eigenvalue weighted by molar-refractivity contribution is 6.30. The number of rotatable bonds is 5. The van der Waals surface area contributed by atoms with Gasteiger partial charge in [-0.15, -0.1) is 0 Å². The average Bonchev–Trinajstić information content (AvgIpc) is 2.21. The molecule has 0 aliphatic rings. The Hall–Kier alpha value is -0.890. The van der Waals surface area contributed by atoms with Crippen LogP contribution in [-0.2, 0) is 11.2 Å². The number of ketones is 1. The predicted octanol–water partition coefficient (Wildman–Crippen LogP) is 4.03. The molecule has 0 aromatic heterocycles. The van der Waals surface area contributed by atoms with E-state index in [1.807, 2.05) is 0 Å². The van der Waals surface area contributed by atoms with Crippen molar-refractivity contribution in [2.75, 3.05) is 0 Å². The van der Waals surface area contributed by atoms with Crippen molar-refractivity contribution in [3.63, 3.8) is 0 Å². The number of benzene rings is 1. The van der Waals surface area contributed by atoms with Crippen LogP contribution in [0.2, 0.25) is 5.02 Å². The summed E-state index contributed by atoms with van der Waals surface area (Å²) < 4.78 is 12.9. The lowest BCUT2D eigenvalue weighted by Gasteiger charge is -2.04. The average molecular weight is 243 g/mol. The van der Waals surface area contributed by atoms with Crippen molar-refractivity contribution in [1.82, 2.24) is 0 Å². The monoisotopic (exact) mass is 242 g/mol. The molecule has 3 heteroatoms. The Morgan fingerprint density at radius 2 is 2.12 bits per heavy atom. The summed E-state index contributed by atoms with van der Waals surface area (Å²) in [5, 5.41) is 0.0779. The second-order valence-corrected chi connectivity index (χ2v) is 4.80. The maximum absolute atomic E-state index is 12.9. The fourth-order valence-electron chi connectivity index (χ4n) is 1.42. The molecule has 0 spiro atoms. The molecule has 0 unspecified atom stereocenters. The van der Waals surface area contributed by atoms with Crippen molar-refractivity contribution in [3.8, 4) is 0 Å². The summed E-state index contributed by atoms with van der Waals surface area (Å²) in [6.07, 6.45) is 1.81. The van der Waals surface area contributed by atoms with Gasteiger partial charge in [0.1, 0.15) is 11.6 Å². The van der Waals surface area contributed by atoms with Gasteiger partial charge in [-0.2, -0.15) is 0 Å². The van der Waals surface area contributed by atoms with E-state index in [9.17, 15) is 9.18 Å². The lowest BCUT2D eigenvalue weighted by molar-refractivity contribution is -0.118. The minimum absolute atomic E-state index is 0.0779. The van der Waals surface area contributed by atoms with Crippen LogP contribution in [0.3, 0.4) is 0 Å². The highest BCUT2D eigenvalue weighted by Crippen LogP contribution is 2.17. The van der Waals surface area contributed by atoms with E-state index < -0.39 is 5.82 Å². The SMILES string of the molecule is CC(C)CCC(=O)Cc1ccc(F)c(Cl)c1. The van der Waals surface area contributed by atoms with Gasteiger partial charge < -0.3 is 0 Å². The minimum atomic E-state index is -0.444. The van der Waals surface area contributed by atoms with Crippen LogP contribution in [0.25, 0.3) is 0 Å². The lowest BCUT2D eigenvalue weighted by Crippen LogP contribution is -2.04. The van der Waals surface area contributed by atoms with Gasteiger partial charge in [-0.25, -0.2) is 4.39 Å². The topological polar surface area (TPSA) is 17.1 Å². The first kappa shape index (κ1) is 13.2. The van der Waals surface area contributed by atoms with Gasteiger partial charge in [-0.1, -0.05) is 31.5 Å². The van der Waals surface area contributed by atoms with Crippen molar-refractivity contribution in [1.29, 1.82) is 0 Å². The van der Waals surface area contributed by atoms with E-state index >= 15 is 0 Å². The summed E-state index contributed by atoms with van der Waals surface area (Å²) in [6.45, 7) is 4.17. The van der Waals surface area contributed by atoms with Crippen LogP contribution in [0.1, 0.15) is 32.3 Å². The molecule has 0 fully saturated rings. The summed E-state index contributed by atoms with van der Waals surface area (Å²) in [6, 6.07) is 4.42. The molecule has 0 radical (unpaired) electrons. The van der Waals surface area contributed by atoms with Crippen molar-refractivity contribution in [3.05, 3.63) is 34.6 Å². The van der Waals surface area contributed by atoms with Crippen LogP contribution in [0.4, 0.5) is 4.39 Å². The first-order valence-electron chi connectivity index (χ1n) is 5.44. The highest BCUT2D eigenvalue weighted by Gasteiger charge is 2.07. The second kappa shape index (κ2) is 6.00. The molecule has 88 valence electrons. The lowest BCUT2D eigenvalue weighted by atomic mass is 10.0. The molecule has 1 aromatic carbocycles. The molecular formula is C13H16ClFO. The normalized spacial score (nSPS) is 10.8. The third kappa shape index (κ3) is 4.31. The van der Waals surface area contributed by atoms with Gasteiger partial charge in [0.05, 0.1) is 5.02 Å². The molecule has 0 aliphatic heterocycles. The Labute approximate surface area is 101 Å². The molecule has 0 heterocycles. The number of hydrogen-bond donors (Lipinski definition) is 0. The van der Waals surface area contributed by atoms with Crippen molar-refractivity contribution in [2.24, 2.45) is 5.92 Å². The van der Waals surface area contributed by atoms with Gasteiger partial charge >= 0.3 is 0 Å². The van der Waals surface area contributed by atoms with Crippen LogP contribution >= 0.6 is 11.6 Å². The summed E-state index contributed by atoms with van der Waals surface area (Å²) in [7, 11) is 0. The zero-order valence-electron chi connectivity index (χ0n) is 9.59. The van der Waals surface area contributed by atoms with E-state index in [0.717, 1.165) is 12.0 Å². The Morgan fingerprint density at radius 1 is 1.44 bits per heavy atom. The van der Waals surface area contributed by atoms with Crippen molar-refractivity contribution in [2.45, 2.75) is 33.1 Å². The molecule has 0 saturated heterocycles. The van der Waals surface area contributed by atoms with E-state index in [0.29, 0.717) is 18.8 Å². The zero-order valence-corrected chi connectivity index (χ0v) is 10.4. The van der Waals surface area contributed by atoms with Crippen LogP contribution < -0.4 is 0 Å². The van der Waals surface area contributed by atoms with E-state index in [1.54, 1.807) is 6.07 Å². The van der Waals surface area contributed by atoms with Gasteiger partial charge in [0.25, 0.3) is 0 Å². The molecule has 0 atom stereocenters. The van der Waals surface area contributed by atoms with E-state index in [-0.39, 0.29) is 10.8 Å². The molecule has 1 rings (SSSR count). The van der Waals surface area contributed by atoms with Gasteiger partial charge in [-0.3, -0.25) is 4.79 Å². The van der Waals surface area contributed by atoms with Crippen LogP contribution in [-0.4, -0.2) is 5.78 Å². The second-order valence-electron chi connectivity index (χ2n) is 4.40. The van der Waals surface area contributed by atoms with E-state index in [2.05, 4.69) is 13.8 Å². The first-order valence-corrected chi connectivity index (χ1v) is 5.82. The Balaban J connectivity index is 2.53. The molecule has 1 aromatic rings. The van der Waals surface area contributed by atoms with Gasteiger partial charge in [0.2, 0.25) is 0 Å². The van der Waals surface area contributed by atoms with Crippen molar-refractivity contribution < 1.29 is 9.18 Å². The van der Waals surface area contributed by atoms with Crippen LogP contribution in [0.15, 0.2) is 18.2 Å². The molecule has 0 N–H and O–H groups in total. The number of Topliss-reactive ketones (excluding diaryl/α,β-unsaturated/α-hetero) is 1. The summed E-state index contributed by atoms with van der Waals surface area (Å²) in [5.74, 6) is 0.261. The smallest absolute Gasteiger partial charge is 0.141 e. The third-order valence-electron chi connectivity index (χ3n) is 2.39. The van der Waals surface area contributed by atoms with E-state index in [1.165, 1.54) is 12.1 Å². The largest absolute Gasteiger partial charge is 0.299 e. The Morgan fingerprint density at radius 3 is 2.69 bits per heavy atom. The maximum atomic E-state index is 12.9. The summed E-state index contributed by atoms with van der Waals surface area (Å²) in [5.41, 5.74) is 0.778. The molecule has 0 aliphatic carbocycles. The van der Waals surface area contributed by atoms with Gasteiger partial charge in [0, 0.05) is 12.8 Å². The fourth-order valence-corrected chi connectivity index (χ4v) is 1.62. The number of carbonyl (C=O) groups excluding carboxylic acids is 1. The first-order chi connectivity index (χ1) is 7.49. The van der Waals surface area contributed by atoms with Gasteiger partial charge in [0.15, 0.2) is 0 Å². The fraction of sp³-hybridized carbons (Fsp3) is 0.462. The minimum Gasteiger partial charge on any atom is -0.299 e. The third-order valence-corrected chi connectivity index (χ3v) is 2.68. The summed E-state index contributed by atoms with van der Waals surface area (Å²) >= 11 is 5.64. The Kier molecular flexibility index (Phi) is 4.94. The quantitative estimate of drug-likeness (QED) is 0.762. The molecule has 0 amide bonds. The molecule has 0 saturated carbocycles. The zero-order chi connectivity index (χ0) is 12.1. The molecular weight excluding hydrogens is 227 g/mol. The van der Waals surface area contributed by atoms with Crippen LogP contribution in [0.5, 0.6) is 0 Å². The van der Waals surface area contributed by atoms with Crippen LogP contribution in [0, 0.1) is 11.7 Å². The predicted molar refractivity (Wildman–Crippen MR) is 64.2 cm³/mol. The molecule has 0 bridgehead atoms. The van der Waals surface area contributed by atoms with E-state index in [4.69, 9.17) is 11.6 Å². The summed E-state index contributed by atoms with van der Waals surface area (Å²) in [4.78, 5) is 11.6. The number of halogens is 2. The molecule has 16 heavy (non-hydrogen) atoms. The standard InChI is InChI=1S/C13H16ClFO/c1-9(2)3-5-11(16)7-10-4-6-13(15)12(14)8-10/h4,6,8-9H,3,5,7H2,1-2H3. The van der Waals surface area contributed by atoms with Gasteiger partial charge in [-0.05, 0) is 30.0 Å².